The largest absolute Gasteiger partial charge is 0.384 e. The zero-order valence-electron chi connectivity index (χ0n) is 12.6. The zero-order valence-corrected chi connectivity index (χ0v) is 12.6. The van der Waals surface area contributed by atoms with Gasteiger partial charge < -0.3 is 10.6 Å². The number of pyridine rings is 1. The number of nitrogens with zero attached hydrogens (tertiary/aromatic N) is 2. The van der Waals surface area contributed by atoms with Gasteiger partial charge in [-0.3, -0.25) is 10.4 Å². The first-order chi connectivity index (χ1) is 9.29. The Balaban J connectivity index is 2.63. The Bertz CT molecular complexity index is 640. The number of aromatic nitrogens is 1. The molecule has 0 saturated carbocycles. The fraction of sp³-hybridized carbons (Fsp3) is 0.375. The number of para-hydroxylation sites is 1. The highest BCUT2D eigenvalue weighted by molar-refractivity contribution is 6.07. The lowest BCUT2D eigenvalue weighted by molar-refractivity contribution is 0.419. The van der Waals surface area contributed by atoms with E-state index in [0.29, 0.717) is 5.56 Å². The molecule has 0 spiro atoms. The molecule has 0 atom stereocenters. The van der Waals surface area contributed by atoms with Crippen LogP contribution in [0.4, 0.5) is 5.69 Å². The van der Waals surface area contributed by atoms with E-state index >= 15 is 0 Å². The molecule has 2 aromatic rings. The number of hydrogen-bond donors (Lipinski definition) is 2. The fourth-order valence-corrected chi connectivity index (χ4v) is 2.53. The van der Waals surface area contributed by atoms with Gasteiger partial charge in [0.1, 0.15) is 5.84 Å². The Morgan fingerprint density at radius 3 is 2.55 bits per heavy atom. The van der Waals surface area contributed by atoms with E-state index in [-0.39, 0.29) is 11.3 Å². The molecule has 0 aliphatic heterocycles. The van der Waals surface area contributed by atoms with Gasteiger partial charge in [0, 0.05) is 25.2 Å². The van der Waals surface area contributed by atoms with E-state index in [4.69, 9.17) is 11.1 Å². The summed E-state index contributed by atoms with van der Waals surface area (Å²) in [5.74, 6) is 0.0546. The number of amidine groups is 1. The number of fused-ring (bicyclic) bond motifs is 1. The average Bonchev–Trinajstić information content (AvgIpc) is 2.35. The lowest BCUT2D eigenvalue weighted by atomic mass is 9.95. The molecular weight excluding hydrogens is 248 g/mol. The van der Waals surface area contributed by atoms with Gasteiger partial charge in [-0.2, -0.15) is 0 Å². The van der Waals surface area contributed by atoms with E-state index in [0.717, 1.165) is 23.1 Å². The maximum atomic E-state index is 7.79. The van der Waals surface area contributed by atoms with Crippen molar-refractivity contribution in [1.82, 2.24) is 4.98 Å². The van der Waals surface area contributed by atoms with Gasteiger partial charge in [0.05, 0.1) is 16.8 Å². The minimum Gasteiger partial charge on any atom is -0.384 e. The number of anilines is 1. The van der Waals surface area contributed by atoms with Crippen LogP contribution in [0.5, 0.6) is 0 Å². The summed E-state index contributed by atoms with van der Waals surface area (Å²) in [7, 11) is 2.04. The standard InChI is InChI=1S/C16H22N4/c1-16(2,3)10-20(4)14-11-7-5-6-8-13(11)19-9-12(14)15(17)18/h5-9H,10H2,1-4H3,(H3,17,18). The fourth-order valence-electron chi connectivity index (χ4n) is 2.53. The SMILES string of the molecule is CN(CC(C)(C)C)c1c(C(=N)N)cnc2ccccc12. The van der Waals surface area contributed by atoms with Gasteiger partial charge in [-0.05, 0) is 11.5 Å². The van der Waals surface area contributed by atoms with E-state index in [2.05, 4.69) is 30.7 Å². The van der Waals surface area contributed by atoms with Gasteiger partial charge in [0.15, 0.2) is 0 Å². The normalized spacial score (nSPS) is 11.6. The van der Waals surface area contributed by atoms with Crippen LogP contribution in [0.2, 0.25) is 0 Å². The molecule has 4 nitrogen and oxygen atoms in total. The van der Waals surface area contributed by atoms with Gasteiger partial charge >= 0.3 is 0 Å². The average molecular weight is 270 g/mol. The lowest BCUT2D eigenvalue weighted by Gasteiger charge is -2.30. The zero-order chi connectivity index (χ0) is 14.9. The Labute approximate surface area is 120 Å². The number of nitrogens with one attached hydrogen (secondary N) is 1. The molecule has 0 unspecified atom stereocenters. The van der Waals surface area contributed by atoms with Crippen molar-refractivity contribution in [3.8, 4) is 0 Å². The highest BCUT2D eigenvalue weighted by Gasteiger charge is 2.19. The molecule has 1 aromatic carbocycles. The van der Waals surface area contributed by atoms with Crippen LogP contribution in [0.15, 0.2) is 30.5 Å². The Kier molecular flexibility index (Phi) is 3.66. The van der Waals surface area contributed by atoms with E-state index in [1.165, 1.54) is 0 Å². The second-order valence-electron chi connectivity index (χ2n) is 6.37. The minimum absolute atomic E-state index is 0.0546. The maximum absolute atomic E-state index is 7.79. The second kappa shape index (κ2) is 5.12. The van der Waals surface area contributed by atoms with Crippen molar-refractivity contribution in [1.29, 1.82) is 5.41 Å². The van der Waals surface area contributed by atoms with Gasteiger partial charge in [0.2, 0.25) is 0 Å². The summed E-state index contributed by atoms with van der Waals surface area (Å²) in [6.07, 6.45) is 1.69. The van der Waals surface area contributed by atoms with Crippen LogP contribution >= 0.6 is 0 Å². The summed E-state index contributed by atoms with van der Waals surface area (Å²) in [5.41, 5.74) is 8.48. The maximum Gasteiger partial charge on any atom is 0.126 e. The van der Waals surface area contributed by atoms with Gasteiger partial charge in [-0.25, -0.2) is 0 Å². The van der Waals surface area contributed by atoms with E-state index < -0.39 is 0 Å². The molecule has 106 valence electrons. The Hall–Kier alpha value is -2.10. The molecule has 1 heterocycles. The summed E-state index contributed by atoms with van der Waals surface area (Å²) in [5, 5.41) is 8.82. The van der Waals surface area contributed by atoms with Crippen LogP contribution in [0, 0.1) is 10.8 Å². The van der Waals surface area contributed by atoms with Crippen molar-refractivity contribution < 1.29 is 0 Å². The molecule has 0 aliphatic carbocycles. The van der Waals surface area contributed by atoms with Gasteiger partial charge in [-0.15, -0.1) is 0 Å². The number of hydrogen-bond acceptors (Lipinski definition) is 3. The van der Waals surface area contributed by atoms with Crippen molar-refractivity contribution in [3.05, 3.63) is 36.0 Å². The van der Waals surface area contributed by atoms with Crippen LogP contribution in [0.25, 0.3) is 10.9 Å². The molecule has 1 aromatic heterocycles. The Morgan fingerprint density at radius 1 is 1.30 bits per heavy atom. The quantitative estimate of drug-likeness (QED) is 0.665. The molecule has 4 heteroatoms. The smallest absolute Gasteiger partial charge is 0.126 e. The summed E-state index contributed by atoms with van der Waals surface area (Å²) in [6.45, 7) is 7.46. The van der Waals surface area contributed by atoms with Crippen molar-refractivity contribution in [2.24, 2.45) is 11.1 Å². The van der Waals surface area contributed by atoms with Gasteiger partial charge in [0.25, 0.3) is 0 Å². The summed E-state index contributed by atoms with van der Waals surface area (Å²) in [6, 6.07) is 7.97. The number of nitrogens with two attached hydrogens (primary N) is 1. The van der Waals surface area contributed by atoms with Crippen molar-refractivity contribution in [3.63, 3.8) is 0 Å². The summed E-state index contributed by atoms with van der Waals surface area (Å²) in [4.78, 5) is 6.56. The van der Waals surface area contributed by atoms with E-state index in [1.807, 2.05) is 31.3 Å². The molecule has 3 N–H and O–H groups in total. The van der Waals surface area contributed by atoms with E-state index in [1.54, 1.807) is 6.20 Å². The first-order valence-electron chi connectivity index (χ1n) is 6.73. The molecule has 0 fully saturated rings. The predicted octanol–water partition coefficient (Wildman–Crippen LogP) is 3.00. The number of nitrogen functional groups attached to an aromatic ring is 1. The molecule has 0 amide bonds. The van der Waals surface area contributed by atoms with Crippen LogP contribution in [-0.2, 0) is 0 Å². The monoisotopic (exact) mass is 270 g/mol. The topological polar surface area (TPSA) is 66.0 Å². The molecular formula is C16H22N4. The van der Waals surface area contributed by atoms with Crippen LogP contribution in [0.3, 0.4) is 0 Å². The van der Waals surface area contributed by atoms with Gasteiger partial charge in [-0.1, -0.05) is 39.0 Å². The molecule has 2 rings (SSSR count). The molecule has 0 bridgehead atoms. The van der Waals surface area contributed by atoms with Crippen molar-refractivity contribution >= 4 is 22.4 Å². The third-order valence-electron chi connectivity index (χ3n) is 3.13. The second-order valence-corrected chi connectivity index (χ2v) is 6.37. The summed E-state index contributed by atoms with van der Waals surface area (Å²) >= 11 is 0. The van der Waals surface area contributed by atoms with Crippen LogP contribution in [-0.4, -0.2) is 24.4 Å². The third kappa shape index (κ3) is 2.90. The summed E-state index contributed by atoms with van der Waals surface area (Å²) < 4.78 is 0. The minimum atomic E-state index is 0.0546. The predicted molar refractivity (Wildman–Crippen MR) is 85.5 cm³/mol. The van der Waals surface area contributed by atoms with Crippen molar-refractivity contribution in [2.75, 3.05) is 18.5 Å². The third-order valence-corrected chi connectivity index (χ3v) is 3.13. The highest BCUT2D eigenvalue weighted by Crippen LogP contribution is 2.30. The lowest BCUT2D eigenvalue weighted by Crippen LogP contribution is -2.31. The first kappa shape index (κ1) is 14.3. The molecule has 20 heavy (non-hydrogen) atoms. The number of rotatable bonds is 3. The molecule has 0 aliphatic rings. The molecule has 0 saturated heterocycles. The number of benzene rings is 1. The highest BCUT2D eigenvalue weighted by atomic mass is 15.1. The molecule has 0 radical (unpaired) electrons. The Morgan fingerprint density at radius 2 is 1.95 bits per heavy atom. The van der Waals surface area contributed by atoms with E-state index in [9.17, 15) is 0 Å². The van der Waals surface area contributed by atoms with Crippen LogP contribution < -0.4 is 10.6 Å². The first-order valence-corrected chi connectivity index (χ1v) is 6.73. The van der Waals surface area contributed by atoms with Crippen LogP contribution in [0.1, 0.15) is 26.3 Å². The van der Waals surface area contributed by atoms with Crippen molar-refractivity contribution in [2.45, 2.75) is 20.8 Å².